The number of nitrogens with zero attached hydrogens (tertiary/aromatic N) is 3. The molecule has 1 aliphatic heterocycles. The van der Waals surface area contributed by atoms with Gasteiger partial charge in [-0.1, -0.05) is 6.07 Å². The van der Waals surface area contributed by atoms with Gasteiger partial charge in [-0.05, 0) is 38.1 Å². The molecule has 1 aliphatic rings. The Bertz CT molecular complexity index is 827. The lowest BCUT2D eigenvalue weighted by molar-refractivity contribution is 0.171. The van der Waals surface area contributed by atoms with Gasteiger partial charge in [-0.25, -0.2) is 9.78 Å². The molecule has 3 rings (SSSR count). The molecule has 1 fully saturated rings. The normalized spacial score (nSPS) is 16.6. The van der Waals surface area contributed by atoms with Gasteiger partial charge in [0.1, 0.15) is 17.3 Å². The first-order valence-electron chi connectivity index (χ1n) is 9.45. The topological polar surface area (TPSA) is 66.9 Å². The summed E-state index contributed by atoms with van der Waals surface area (Å²) >= 11 is 0. The van der Waals surface area contributed by atoms with Crippen molar-refractivity contribution in [3.8, 4) is 11.5 Å². The van der Waals surface area contributed by atoms with Crippen LogP contribution in [0.1, 0.15) is 18.2 Å². The van der Waals surface area contributed by atoms with E-state index in [4.69, 9.17) is 9.47 Å². The van der Waals surface area contributed by atoms with E-state index >= 15 is 0 Å². The Morgan fingerprint density at radius 1 is 1.21 bits per heavy atom. The SMILES string of the molecule is COc1ccc(CNC(=O)N2CCN(c3cccc(C)n3)C[C@H]2C)c(OC)c1. The van der Waals surface area contributed by atoms with Crippen molar-refractivity contribution in [3.63, 3.8) is 0 Å². The highest BCUT2D eigenvalue weighted by atomic mass is 16.5. The van der Waals surface area contributed by atoms with Crippen LogP contribution in [-0.2, 0) is 6.54 Å². The number of carbonyl (C=O) groups is 1. The second kappa shape index (κ2) is 8.82. The van der Waals surface area contributed by atoms with Crippen molar-refractivity contribution in [3.05, 3.63) is 47.7 Å². The smallest absolute Gasteiger partial charge is 0.318 e. The van der Waals surface area contributed by atoms with Gasteiger partial charge in [0.2, 0.25) is 0 Å². The second-order valence-electron chi connectivity index (χ2n) is 6.96. The number of amides is 2. The van der Waals surface area contributed by atoms with Crippen molar-refractivity contribution in [2.24, 2.45) is 0 Å². The lowest BCUT2D eigenvalue weighted by Crippen LogP contribution is -2.56. The molecule has 0 unspecified atom stereocenters. The number of carbonyl (C=O) groups excluding carboxylic acids is 1. The largest absolute Gasteiger partial charge is 0.497 e. The summed E-state index contributed by atoms with van der Waals surface area (Å²) in [4.78, 5) is 21.4. The number of nitrogens with one attached hydrogen (secondary N) is 1. The highest BCUT2D eigenvalue weighted by molar-refractivity contribution is 5.75. The van der Waals surface area contributed by atoms with Gasteiger partial charge < -0.3 is 24.6 Å². The summed E-state index contributed by atoms with van der Waals surface area (Å²) in [6.45, 7) is 6.64. The number of hydrogen-bond acceptors (Lipinski definition) is 5. The maximum atomic E-state index is 12.7. The number of hydrogen-bond donors (Lipinski definition) is 1. The van der Waals surface area contributed by atoms with Crippen molar-refractivity contribution in [2.75, 3.05) is 38.8 Å². The summed E-state index contributed by atoms with van der Waals surface area (Å²) in [5.74, 6) is 2.39. The molecule has 2 aromatic rings. The Labute approximate surface area is 166 Å². The lowest BCUT2D eigenvalue weighted by atomic mass is 10.1. The first kappa shape index (κ1) is 19.8. The number of ether oxygens (including phenoxy) is 2. The Balaban J connectivity index is 1.58. The van der Waals surface area contributed by atoms with Gasteiger partial charge in [0, 0.05) is 49.5 Å². The molecule has 28 heavy (non-hydrogen) atoms. The molecule has 0 bridgehead atoms. The van der Waals surface area contributed by atoms with E-state index in [-0.39, 0.29) is 12.1 Å². The third-order valence-corrected chi connectivity index (χ3v) is 5.01. The highest BCUT2D eigenvalue weighted by Gasteiger charge is 2.28. The van der Waals surface area contributed by atoms with E-state index in [0.717, 1.165) is 35.9 Å². The monoisotopic (exact) mass is 384 g/mol. The van der Waals surface area contributed by atoms with Gasteiger partial charge in [0.15, 0.2) is 0 Å². The van der Waals surface area contributed by atoms with Crippen LogP contribution in [0.4, 0.5) is 10.6 Å². The van der Waals surface area contributed by atoms with Gasteiger partial charge in [0.25, 0.3) is 0 Å². The van der Waals surface area contributed by atoms with Crippen LogP contribution in [0.5, 0.6) is 11.5 Å². The van der Waals surface area contributed by atoms with Crippen LogP contribution in [-0.4, -0.2) is 55.8 Å². The number of rotatable bonds is 5. The van der Waals surface area contributed by atoms with Gasteiger partial charge in [0.05, 0.1) is 14.2 Å². The standard InChI is InChI=1S/C21H28N4O3/c1-15-6-5-7-20(23-15)24-10-11-25(16(2)14-24)21(26)22-13-17-8-9-18(27-3)12-19(17)28-4/h5-9,12,16H,10-11,13-14H2,1-4H3,(H,22,26)/t16-/m1/s1. The molecular formula is C21H28N4O3. The molecule has 150 valence electrons. The molecule has 1 aromatic carbocycles. The zero-order chi connectivity index (χ0) is 20.1. The van der Waals surface area contributed by atoms with E-state index in [1.807, 2.05) is 48.2 Å². The molecule has 0 saturated carbocycles. The lowest BCUT2D eigenvalue weighted by Gasteiger charge is -2.40. The Kier molecular flexibility index (Phi) is 6.23. The van der Waals surface area contributed by atoms with Crippen molar-refractivity contribution >= 4 is 11.8 Å². The summed E-state index contributed by atoms with van der Waals surface area (Å²) in [6, 6.07) is 11.6. The third kappa shape index (κ3) is 4.47. The van der Waals surface area contributed by atoms with Gasteiger partial charge in [-0.3, -0.25) is 0 Å². The number of methoxy groups -OCH3 is 2. The summed E-state index contributed by atoms with van der Waals surface area (Å²) in [7, 11) is 3.23. The Hall–Kier alpha value is -2.96. The Morgan fingerprint density at radius 3 is 2.71 bits per heavy atom. The quantitative estimate of drug-likeness (QED) is 0.859. The third-order valence-electron chi connectivity index (χ3n) is 5.01. The molecule has 7 heteroatoms. The number of urea groups is 1. The highest BCUT2D eigenvalue weighted by Crippen LogP contribution is 2.24. The fourth-order valence-corrected chi connectivity index (χ4v) is 3.44. The molecule has 1 aromatic heterocycles. The number of anilines is 1. The van der Waals surface area contributed by atoms with Crippen LogP contribution >= 0.6 is 0 Å². The van der Waals surface area contributed by atoms with Gasteiger partial charge in [-0.2, -0.15) is 0 Å². The zero-order valence-corrected chi connectivity index (χ0v) is 16.9. The minimum atomic E-state index is -0.0674. The van der Waals surface area contributed by atoms with Crippen LogP contribution in [0.15, 0.2) is 36.4 Å². The van der Waals surface area contributed by atoms with E-state index < -0.39 is 0 Å². The molecule has 7 nitrogen and oxygen atoms in total. The van der Waals surface area contributed by atoms with Crippen molar-refractivity contribution in [1.29, 1.82) is 0 Å². The predicted octanol–water partition coefficient (Wildman–Crippen LogP) is 2.83. The molecule has 1 atom stereocenters. The van der Waals surface area contributed by atoms with Crippen molar-refractivity contribution in [2.45, 2.75) is 26.4 Å². The maximum absolute atomic E-state index is 12.7. The van der Waals surface area contributed by atoms with E-state index in [2.05, 4.69) is 22.1 Å². The van der Waals surface area contributed by atoms with E-state index in [9.17, 15) is 4.79 Å². The fourth-order valence-electron chi connectivity index (χ4n) is 3.44. The fraction of sp³-hybridized carbons (Fsp3) is 0.429. The number of pyridine rings is 1. The van der Waals surface area contributed by atoms with Gasteiger partial charge >= 0.3 is 6.03 Å². The minimum Gasteiger partial charge on any atom is -0.497 e. The summed E-state index contributed by atoms with van der Waals surface area (Å²) in [6.07, 6.45) is 0. The first-order chi connectivity index (χ1) is 13.5. The molecule has 0 aliphatic carbocycles. The average molecular weight is 384 g/mol. The summed E-state index contributed by atoms with van der Waals surface area (Å²) < 4.78 is 10.6. The summed E-state index contributed by atoms with van der Waals surface area (Å²) in [5.41, 5.74) is 1.91. The van der Waals surface area contributed by atoms with Crippen molar-refractivity contribution in [1.82, 2.24) is 15.2 Å². The molecule has 1 N–H and O–H groups in total. The van der Waals surface area contributed by atoms with Crippen LogP contribution in [0, 0.1) is 6.92 Å². The molecular weight excluding hydrogens is 356 g/mol. The number of aromatic nitrogens is 1. The maximum Gasteiger partial charge on any atom is 0.318 e. The van der Waals surface area contributed by atoms with Gasteiger partial charge in [-0.15, -0.1) is 0 Å². The number of benzene rings is 1. The minimum absolute atomic E-state index is 0.0674. The molecule has 0 spiro atoms. The molecule has 2 amide bonds. The van der Waals surface area contributed by atoms with Crippen LogP contribution < -0.4 is 19.7 Å². The van der Waals surface area contributed by atoms with E-state index in [1.165, 1.54) is 0 Å². The number of piperazine rings is 1. The van der Waals surface area contributed by atoms with Crippen LogP contribution in [0.25, 0.3) is 0 Å². The Morgan fingerprint density at radius 2 is 2.04 bits per heavy atom. The van der Waals surface area contributed by atoms with E-state index in [1.54, 1.807) is 14.2 Å². The molecule has 0 radical (unpaired) electrons. The van der Waals surface area contributed by atoms with Crippen molar-refractivity contribution < 1.29 is 14.3 Å². The van der Waals surface area contributed by atoms with E-state index in [0.29, 0.717) is 18.8 Å². The number of aryl methyl sites for hydroxylation is 1. The van der Waals surface area contributed by atoms with Crippen LogP contribution in [0.2, 0.25) is 0 Å². The second-order valence-corrected chi connectivity index (χ2v) is 6.96. The summed E-state index contributed by atoms with van der Waals surface area (Å²) in [5, 5.41) is 3.01. The average Bonchev–Trinajstić information content (AvgIpc) is 2.71. The predicted molar refractivity (Wildman–Crippen MR) is 109 cm³/mol. The molecule has 1 saturated heterocycles. The molecule has 2 heterocycles. The first-order valence-corrected chi connectivity index (χ1v) is 9.45. The van der Waals surface area contributed by atoms with Crippen LogP contribution in [0.3, 0.4) is 0 Å². The zero-order valence-electron chi connectivity index (χ0n) is 16.9.